The zero-order valence-electron chi connectivity index (χ0n) is 11.3. The molecule has 1 fully saturated rings. The van der Waals surface area contributed by atoms with Gasteiger partial charge in [-0.1, -0.05) is 11.8 Å². The second-order valence-corrected chi connectivity index (χ2v) is 6.39. The molecule has 6 heteroatoms. The summed E-state index contributed by atoms with van der Waals surface area (Å²) in [6.07, 6.45) is 1.60. The molecule has 3 N–H and O–H groups in total. The van der Waals surface area contributed by atoms with Gasteiger partial charge in [-0.3, -0.25) is 0 Å². The first kappa shape index (κ1) is 15.0. The molecule has 0 amide bonds. The maximum atomic E-state index is 12.1. The highest BCUT2D eigenvalue weighted by atomic mass is 32.2. The summed E-state index contributed by atoms with van der Waals surface area (Å²) in [5, 5.41) is 0. The Morgan fingerprint density at radius 1 is 1.35 bits per heavy atom. The quantitative estimate of drug-likeness (QED) is 0.790. The standard InChI is InChI=1S/C14H18N2O3S/c1-19-13-9-12(10-13)16-20(17,18)14-6-4-11(5-7-14)3-2-8-15/h4-7,12-13,16H,8-10,15H2,1H3. The van der Waals surface area contributed by atoms with Crippen LogP contribution in [0.15, 0.2) is 29.2 Å². The van der Waals surface area contributed by atoms with Crippen LogP contribution in [0.25, 0.3) is 0 Å². The summed E-state index contributed by atoms with van der Waals surface area (Å²) in [4.78, 5) is 0.247. The predicted molar refractivity (Wildman–Crippen MR) is 76.5 cm³/mol. The SMILES string of the molecule is COC1CC(NS(=O)(=O)c2ccc(C#CCN)cc2)C1. The van der Waals surface area contributed by atoms with Gasteiger partial charge in [0.25, 0.3) is 0 Å². The number of sulfonamides is 1. The molecule has 0 bridgehead atoms. The lowest BCUT2D eigenvalue weighted by molar-refractivity contribution is 0.0236. The Bertz CT molecular complexity index is 608. The van der Waals surface area contributed by atoms with Crippen molar-refractivity contribution in [3.05, 3.63) is 29.8 Å². The molecule has 0 aliphatic heterocycles. The molecule has 0 radical (unpaired) electrons. The summed E-state index contributed by atoms with van der Waals surface area (Å²) < 4.78 is 32.1. The predicted octanol–water partition coefficient (Wildman–Crippen LogP) is 0.453. The maximum Gasteiger partial charge on any atom is 0.240 e. The second-order valence-electron chi connectivity index (χ2n) is 4.68. The summed E-state index contributed by atoms with van der Waals surface area (Å²) >= 11 is 0. The Balaban J connectivity index is 2.02. The van der Waals surface area contributed by atoms with Crippen molar-refractivity contribution in [3.8, 4) is 11.8 Å². The lowest BCUT2D eigenvalue weighted by Crippen LogP contribution is -2.47. The number of nitrogens with one attached hydrogen (secondary N) is 1. The third kappa shape index (κ3) is 3.58. The van der Waals surface area contributed by atoms with Crippen LogP contribution in [0.1, 0.15) is 18.4 Å². The molecule has 1 saturated carbocycles. The Hall–Kier alpha value is -1.39. The maximum absolute atomic E-state index is 12.1. The number of methoxy groups -OCH3 is 1. The highest BCUT2D eigenvalue weighted by Crippen LogP contribution is 2.24. The molecule has 1 aliphatic rings. The average molecular weight is 294 g/mol. The zero-order valence-corrected chi connectivity index (χ0v) is 12.1. The highest BCUT2D eigenvalue weighted by Gasteiger charge is 2.32. The van der Waals surface area contributed by atoms with Crippen LogP contribution in [-0.4, -0.2) is 34.2 Å². The van der Waals surface area contributed by atoms with E-state index in [9.17, 15) is 8.42 Å². The van der Waals surface area contributed by atoms with Gasteiger partial charge in [0, 0.05) is 18.7 Å². The van der Waals surface area contributed by atoms with E-state index in [0.717, 1.165) is 18.4 Å². The third-order valence-corrected chi connectivity index (χ3v) is 4.79. The molecule has 0 aromatic heterocycles. The molecule has 0 unspecified atom stereocenters. The van der Waals surface area contributed by atoms with Crippen molar-refractivity contribution in [1.82, 2.24) is 4.72 Å². The van der Waals surface area contributed by atoms with Gasteiger partial charge in [0.1, 0.15) is 0 Å². The van der Waals surface area contributed by atoms with Crippen molar-refractivity contribution in [2.45, 2.75) is 29.9 Å². The van der Waals surface area contributed by atoms with E-state index < -0.39 is 10.0 Å². The fourth-order valence-corrected chi connectivity index (χ4v) is 3.27. The minimum absolute atomic E-state index is 0.0401. The molecule has 1 aliphatic carbocycles. The van der Waals surface area contributed by atoms with Crippen molar-refractivity contribution < 1.29 is 13.2 Å². The van der Waals surface area contributed by atoms with Gasteiger partial charge in [-0.15, -0.1) is 0 Å². The lowest BCUT2D eigenvalue weighted by Gasteiger charge is -2.34. The van der Waals surface area contributed by atoms with Crippen molar-refractivity contribution in [3.63, 3.8) is 0 Å². The topological polar surface area (TPSA) is 81.4 Å². The van der Waals surface area contributed by atoms with Gasteiger partial charge in [0.15, 0.2) is 0 Å². The minimum atomic E-state index is -3.47. The summed E-state index contributed by atoms with van der Waals surface area (Å²) in [6, 6.07) is 6.41. The van der Waals surface area contributed by atoms with E-state index in [-0.39, 0.29) is 23.6 Å². The third-order valence-electron chi connectivity index (χ3n) is 3.25. The molecule has 0 spiro atoms. The van der Waals surface area contributed by atoms with E-state index in [2.05, 4.69) is 16.6 Å². The summed E-state index contributed by atoms with van der Waals surface area (Å²) in [6.45, 7) is 0.282. The normalized spacial score (nSPS) is 21.7. The Morgan fingerprint density at radius 2 is 2.00 bits per heavy atom. The fraction of sp³-hybridized carbons (Fsp3) is 0.429. The van der Waals surface area contributed by atoms with Crippen LogP contribution in [0.2, 0.25) is 0 Å². The first-order valence-electron chi connectivity index (χ1n) is 6.39. The molecule has 0 saturated heterocycles. The van der Waals surface area contributed by atoms with Crippen molar-refractivity contribution >= 4 is 10.0 Å². The number of ether oxygens (including phenoxy) is 1. The molecule has 5 nitrogen and oxygen atoms in total. The van der Waals surface area contributed by atoms with Gasteiger partial charge in [0.05, 0.1) is 17.5 Å². The van der Waals surface area contributed by atoms with E-state index in [4.69, 9.17) is 10.5 Å². The summed E-state index contributed by atoms with van der Waals surface area (Å²) in [7, 11) is -1.83. The first-order valence-corrected chi connectivity index (χ1v) is 7.87. The van der Waals surface area contributed by atoms with Crippen LogP contribution in [-0.2, 0) is 14.8 Å². The van der Waals surface area contributed by atoms with Gasteiger partial charge >= 0.3 is 0 Å². The molecule has 0 heterocycles. The highest BCUT2D eigenvalue weighted by molar-refractivity contribution is 7.89. The number of nitrogens with two attached hydrogens (primary N) is 1. The van der Waals surface area contributed by atoms with Crippen LogP contribution >= 0.6 is 0 Å². The smallest absolute Gasteiger partial charge is 0.240 e. The second kappa shape index (κ2) is 6.37. The Labute approximate surface area is 119 Å². The summed E-state index contributed by atoms with van der Waals surface area (Å²) in [5.41, 5.74) is 6.03. The largest absolute Gasteiger partial charge is 0.381 e. The Morgan fingerprint density at radius 3 is 2.55 bits per heavy atom. The zero-order chi connectivity index (χ0) is 14.6. The monoisotopic (exact) mass is 294 g/mol. The van der Waals surface area contributed by atoms with Crippen molar-refractivity contribution in [2.24, 2.45) is 5.73 Å². The van der Waals surface area contributed by atoms with Gasteiger partial charge in [-0.25, -0.2) is 13.1 Å². The van der Waals surface area contributed by atoms with Gasteiger partial charge < -0.3 is 10.5 Å². The lowest BCUT2D eigenvalue weighted by atomic mass is 9.90. The van der Waals surface area contributed by atoms with Crippen LogP contribution in [0.5, 0.6) is 0 Å². The molecule has 1 aromatic carbocycles. The molecule has 0 atom stereocenters. The van der Waals surface area contributed by atoms with Crippen LogP contribution < -0.4 is 10.5 Å². The number of benzene rings is 1. The molecular formula is C14H18N2O3S. The van der Waals surface area contributed by atoms with Crippen LogP contribution in [0.3, 0.4) is 0 Å². The van der Waals surface area contributed by atoms with Crippen LogP contribution in [0.4, 0.5) is 0 Å². The fourth-order valence-electron chi connectivity index (χ4n) is 2.01. The number of rotatable bonds is 4. The van der Waals surface area contributed by atoms with E-state index in [1.165, 1.54) is 0 Å². The van der Waals surface area contributed by atoms with Crippen molar-refractivity contribution in [1.29, 1.82) is 0 Å². The van der Waals surface area contributed by atoms with Crippen LogP contribution in [0, 0.1) is 11.8 Å². The molecular weight excluding hydrogens is 276 g/mol. The number of hydrogen-bond donors (Lipinski definition) is 2. The van der Waals surface area contributed by atoms with E-state index in [1.54, 1.807) is 31.4 Å². The van der Waals surface area contributed by atoms with Gasteiger partial charge in [-0.2, -0.15) is 0 Å². The van der Waals surface area contributed by atoms with Crippen molar-refractivity contribution in [2.75, 3.05) is 13.7 Å². The molecule has 2 rings (SSSR count). The minimum Gasteiger partial charge on any atom is -0.381 e. The summed E-state index contributed by atoms with van der Waals surface area (Å²) in [5.74, 6) is 5.58. The average Bonchev–Trinajstić information content (AvgIpc) is 2.40. The van der Waals surface area contributed by atoms with E-state index in [1.807, 2.05) is 0 Å². The molecule has 108 valence electrons. The van der Waals surface area contributed by atoms with E-state index in [0.29, 0.717) is 0 Å². The molecule has 1 aromatic rings. The Kier molecular flexibility index (Phi) is 4.78. The van der Waals surface area contributed by atoms with Gasteiger partial charge in [0.2, 0.25) is 10.0 Å². The first-order chi connectivity index (χ1) is 9.55. The number of hydrogen-bond acceptors (Lipinski definition) is 4. The van der Waals surface area contributed by atoms with Gasteiger partial charge in [-0.05, 0) is 37.1 Å². The molecule has 20 heavy (non-hydrogen) atoms. The van der Waals surface area contributed by atoms with E-state index >= 15 is 0 Å².